The SMILES string of the molecule is Nc1ccc(Br)cc1S(=O)(=O)Nc1ccc2c(c1)CCC2. The van der Waals surface area contributed by atoms with E-state index in [1.807, 2.05) is 12.1 Å². The van der Waals surface area contributed by atoms with Crippen molar-refractivity contribution in [2.24, 2.45) is 0 Å². The molecule has 2 aromatic rings. The van der Waals surface area contributed by atoms with Gasteiger partial charge in [-0.2, -0.15) is 0 Å². The van der Waals surface area contributed by atoms with Gasteiger partial charge in [-0.1, -0.05) is 22.0 Å². The average molecular weight is 367 g/mol. The number of anilines is 2. The smallest absolute Gasteiger partial charge is 0.263 e. The maximum absolute atomic E-state index is 12.5. The van der Waals surface area contributed by atoms with E-state index in [0.717, 1.165) is 19.3 Å². The third kappa shape index (κ3) is 2.91. The average Bonchev–Trinajstić information content (AvgIpc) is 2.88. The normalized spacial score (nSPS) is 14.0. The number of hydrogen-bond acceptors (Lipinski definition) is 3. The summed E-state index contributed by atoms with van der Waals surface area (Å²) in [5.74, 6) is 0. The molecule has 0 spiro atoms. The molecular weight excluding hydrogens is 352 g/mol. The summed E-state index contributed by atoms with van der Waals surface area (Å²) < 4.78 is 28.2. The van der Waals surface area contributed by atoms with Crippen molar-refractivity contribution < 1.29 is 8.42 Å². The van der Waals surface area contributed by atoms with E-state index in [4.69, 9.17) is 5.73 Å². The van der Waals surface area contributed by atoms with E-state index in [2.05, 4.69) is 20.7 Å². The van der Waals surface area contributed by atoms with E-state index in [-0.39, 0.29) is 10.6 Å². The number of nitrogen functional groups attached to an aromatic ring is 1. The van der Waals surface area contributed by atoms with Gasteiger partial charge in [0.05, 0.1) is 5.69 Å². The van der Waals surface area contributed by atoms with Crippen LogP contribution in [0.3, 0.4) is 0 Å². The molecule has 6 heteroatoms. The zero-order valence-electron chi connectivity index (χ0n) is 11.3. The molecule has 3 rings (SSSR count). The van der Waals surface area contributed by atoms with Gasteiger partial charge < -0.3 is 5.73 Å². The van der Waals surface area contributed by atoms with Gasteiger partial charge in [-0.15, -0.1) is 0 Å². The van der Waals surface area contributed by atoms with Crippen molar-refractivity contribution >= 4 is 37.3 Å². The third-order valence-corrected chi connectivity index (χ3v) is 5.55. The van der Waals surface area contributed by atoms with Crippen molar-refractivity contribution in [1.82, 2.24) is 0 Å². The molecule has 0 heterocycles. The second-order valence-electron chi connectivity index (χ2n) is 5.12. The Labute approximate surface area is 132 Å². The molecule has 3 N–H and O–H groups in total. The molecule has 2 aromatic carbocycles. The van der Waals surface area contributed by atoms with Gasteiger partial charge in [-0.25, -0.2) is 8.42 Å². The summed E-state index contributed by atoms with van der Waals surface area (Å²) in [4.78, 5) is 0.0809. The van der Waals surface area contributed by atoms with Crippen LogP contribution >= 0.6 is 15.9 Å². The first-order valence-corrected chi connectivity index (χ1v) is 8.93. The van der Waals surface area contributed by atoms with Crippen molar-refractivity contribution in [1.29, 1.82) is 0 Å². The van der Waals surface area contributed by atoms with Crippen LogP contribution in [0.2, 0.25) is 0 Å². The largest absolute Gasteiger partial charge is 0.398 e. The summed E-state index contributed by atoms with van der Waals surface area (Å²) in [6.45, 7) is 0. The predicted octanol–water partition coefficient (Wildman–Crippen LogP) is 3.32. The van der Waals surface area contributed by atoms with Crippen LogP contribution in [0.5, 0.6) is 0 Å². The van der Waals surface area contributed by atoms with E-state index in [1.165, 1.54) is 17.2 Å². The highest BCUT2D eigenvalue weighted by Crippen LogP contribution is 2.28. The van der Waals surface area contributed by atoms with E-state index in [1.54, 1.807) is 18.2 Å². The standard InChI is InChI=1S/C15H15BrN2O2S/c16-12-5-7-14(17)15(9-12)21(19,20)18-13-6-4-10-2-1-3-11(10)8-13/h4-9,18H,1-3,17H2. The molecule has 0 amide bonds. The number of rotatable bonds is 3. The molecule has 0 unspecified atom stereocenters. The van der Waals surface area contributed by atoms with Crippen LogP contribution in [0.4, 0.5) is 11.4 Å². The minimum Gasteiger partial charge on any atom is -0.398 e. The Balaban J connectivity index is 1.94. The summed E-state index contributed by atoms with van der Waals surface area (Å²) in [6.07, 6.45) is 3.20. The van der Waals surface area contributed by atoms with Gasteiger partial charge >= 0.3 is 0 Å². The maximum Gasteiger partial charge on any atom is 0.263 e. The Morgan fingerprint density at radius 1 is 1.05 bits per heavy atom. The second-order valence-corrected chi connectivity index (χ2v) is 7.69. The van der Waals surface area contributed by atoms with E-state index >= 15 is 0 Å². The Morgan fingerprint density at radius 3 is 2.62 bits per heavy atom. The molecule has 21 heavy (non-hydrogen) atoms. The highest BCUT2D eigenvalue weighted by Gasteiger charge is 2.19. The number of benzene rings is 2. The van der Waals surface area contributed by atoms with Crippen LogP contribution in [0, 0.1) is 0 Å². The number of sulfonamides is 1. The highest BCUT2D eigenvalue weighted by molar-refractivity contribution is 9.10. The number of aryl methyl sites for hydroxylation is 2. The minimum absolute atomic E-state index is 0.0809. The summed E-state index contributed by atoms with van der Waals surface area (Å²) in [7, 11) is -3.69. The molecule has 0 saturated heterocycles. The monoisotopic (exact) mass is 366 g/mol. The van der Waals surface area contributed by atoms with Gasteiger partial charge in [0, 0.05) is 10.2 Å². The first-order chi connectivity index (χ1) is 9.95. The fourth-order valence-corrected chi connectivity index (χ4v) is 4.31. The van der Waals surface area contributed by atoms with Crippen molar-refractivity contribution in [2.75, 3.05) is 10.5 Å². The highest BCUT2D eigenvalue weighted by atomic mass is 79.9. The van der Waals surface area contributed by atoms with Gasteiger partial charge in [0.2, 0.25) is 0 Å². The van der Waals surface area contributed by atoms with Crippen LogP contribution in [0.1, 0.15) is 17.5 Å². The summed E-state index contributed by atoms with van der Waals surface area (Å²) in [5, 5.41) is 0. The fourth-order valence-electron chi connectivity index (χ4n) is 2.59. The Hall–Kier alpha value is -1.53. The molecule has 110 valence electrons. The molecule has 0 radical (unpaired) electrons. The van der Waals surface area contributed by atoms with Crippen LogP contribution in [-0.2, 0) is 22.9 Å². The fraction of sp³-hybridized carbons (Fsp3) is 0.200. The van der Waals surface area contributed by atoms with Crippen molar-refractivity contribution in [3.63, 3.8) is 0 Å². The lowest BCUT2D eigenvalue weighted by Gasteiger charge is -2.11. The van der Waals surface area contributed by atoms with E-state index in [9.17, 15) is 8.42 Å². The zero-order valence-corrected chi connectivity index (χ0v) is 13.7. The summed E-state index contributed by atoms with van der Waals surface area (Å²) in [6, 6.07) is 10.5. The molecule has 0 saturated carbocycles. The van der Waals surface area contributed by atoms with Crippen molar-refractivity contribution in [2.45, 2.75) is 24.2 Å². The van der Waals surface area contributed by atoms with Gasteiger partial charge in [0.1, 0.15) is 4.90 Å². The van der Waals surface area contributed by atoms with Gasteiger partial charge in [0.25, 0.3) is 10.0 Å². The maximum atomic E-state index is 12.5. The third-order valence-electron chi connectivity index (χ3n) is 3.62. The predicted molar refractivity (Wildman–Crippen MR) is 87.8 cm³/mol. The van der Waals surface area contributed by atoms with E-state index in [0.29, 0.717) is 10.2 Å². The number of nitrogens with two attached hydrogens (primary N) is 1. The van der Waals surface area contributed by atoms with Crippen LogP contribution < -0.4 is 10.5 Å². The number of fused-ring (bicyclic) bond motifs is 1. The van der Waals surface area contributed by atoms with Crippen LogP contribution in [-0.4, -0.2) is 8.42 Å². The molecule has 1 aliphatic carbocycles. The van der Waals surface area contributed by atoms with Gasteiger partial charge in [0.15, 0.2) is 0 Å². The Morgan fingerprint density at radius 2 is 1.81 bits per heavy atom. The number of hydrogen-bond donors (Lipinski definition) is 2. The first-order valence-electron chi connectivity index (χ1n) is 6.65. The molecule has 4 nitrogen and oxygen atoms in total. The molecule has 1 aliphatic rings. The van der Waals surface area contributed by atoms with Crippen LogP contribution in [0.15, 0.2) is 45.8 Å². The lowest BCUT2D eigenvalue weighted by atomic mass is 10.1. The summed E-state index contributed by atoms with van der Waals surface area (Å²) >= 11 is 3.27. The number of nitrogens with one attached hydrogen (secondary N) is 1. The first kappa shape index (κ1) is 14.4. The molecular formula is C15H15BrN2O2S. The Kier molecular flexibility index (Phi) is 3.67. The Bertz CT molecular complexity index is 803. The topological polar surface area (TPSA) is 72.2 Å². The van der Waals surface area contributed by atoms with Gasteiger partial charge in [-0.3, -0.25) is 4.72 Å². The van der Waals surface area contributed by atoms with Crippen molar-refractivity contribution in [3.05, 3.63) is 52.0 Å². The van der Waals surface area contributed by atoms with E-state index < -0.39 is 10.0 Å². The zero-order chi connectivity index (χ0) is 15.0. The molecule has 0 fully saturated rings. The molecule has 0 bridgehead atoms. The molecule has 0 aliphatic heterocycles. The van der Waals surface area contributed by atoms with Crippen molar-refractivity contribution in [3.8, 4) is 0 Å². The lowest BCUT2D eigenvalue weighted by Crippen LogP contribution is -2.15. The minimum atomic E-state index is -3.69. The number of halogens is 1. The summed E-state index contributed by atoms with van der Waals surface area (Å²) in [5.41, 5.74) is 9.11. The second kappa shape index (κ2) is 5.35. The van der Waals surface area contributed by atoms with Gasteiger partial charge in [-0.05, 0) is 60.7 Å². The lowest BCUT2D eigenvalue weighted by molar-refractivity contribution is 0.601. The quantitative estimate of drug-likeness (QED) is 0.818. The molecule has 0 aromatic heterocycles. The molecule has 0 atom stereocenters. The van der Waals surface area contributed by atoms with Crippen LogP contribution in [0.25, 0.3) is 0 Å².